The fourth-order valence-electron chi connectivity index (χ4n) is 3.28. The van der Waals surface area contributed by atoms with Crippen LogP contribution in [-0.2, 0) is 5.41 Å². The van der Waals surface area contributed by atoms with E-state index in [-0.39, 0.29) is 11.3 Å². The molecule has 0 saturated heterocycles. The average Bonchev–Trinajstić information content (AvgIpc) is 2.94. The molecule has 1 aromatic heterocycles. The summed E-state index contributed by atoms with van der Waals surface area (Å²) >= 11 is 6.13. The number of hydrogen-bond acceptors (Lipinski definition) is 2. The second-order valence-electron chi connectivity index (χ2n) is 8.17. The zero-order chi connectivity index (χ0) is 21.2. The van der Waals surface area contributed by atoms with Gasteiger partial charge in [-0.3, -0.25) is 4.79 Å². The van der Waals surface area contributed by atoms with Gasteiger partial charge in [0.05, 0.1) is 6.21 Å². The highest BCUT2D eigenvalue weighted by atomic mass is 35.5. The lowest BCUT2D eigenvalue weighted by Crippen LogP contribution is -2.18. The molecule has 0 unspecified atom stereocenters. The van der Waals surface area contributed by atoms with Crippen molar-refractivity contribution in [2.75, 3.05) is 0 Å². The van der Waals surface area contributed by atoms with Crippen molar-refractivity contribution in [1.82, 2.24) is 9.99 Å². The molecule has 1 heterocycles. The molecule has 1 amide bonds. The van der Waals surface area contributed by atoms with Crippen LogP contribution in [0.25, 0.3) is 5.69 Å². The van der Waals surface area contributed by atoms with Gasteiger partial charge in [0.15, 0.2) is 0 Å². The summed E-state index contributed by atoms with van der Waals surface area (Å²) in [5, 5.41) is 4.84. The summed E-state index contributed by atoms with van der Waals surface area (Å²) in [6.45, 7) is 10.5. The van der Waals surface area contributed by atoms with E-state index >= 15 is 0 Å². The number of amides is 1. The number of halogens is 1. The van der Waals surface area contributed by atoms with E-state index in [1.807, 2.05) is 68.4 Å². The number of carbonyl (C=O) groups is 1. The maximum atomic E-state index is 12.4. The fourth-order valence-corrected chi connectivity index (χ4v) is 3.46. The van der Waals surface area contributed by atoms with E-state index in [4.69, 9.17) is 11.6 Å². The summed E-state index contributed by atoms with van der Waals surface area (Å²) in [7, 11) is 0. The van der Waals surface area contributed by atoms with Gasteiger partial charge in [0.2, 0.25) is 0 Å². The fraction of sp³-hybridized carbons (Fsp3) is 0.250. The van der Waals surface area contributed by atoms with E-state index < -0.39 is 0 Å². The third kappa shape index (κ3) is 4.77. The summed E-state index contributed by atoms with van der Waals surface area (Å²) < 4.78 is 2.11. The number of rotatable bonds is 4. The monoisotopic (exact) mass is 407 g/mol. The van der Waals surface area contributed by atoms with Crippen LogP contribution in [0.3, 0.4) is 0 Å². The summed E-state index contributed by atoms with van der Waals surface area (Å²) in [6, 6.07) is 17.4. The molecule has 1 N–H and O–H groups in total. The smallest absolute Gasteiger partial charge is 0.271 e. The summed E-state index contributed by atoms with van der Waals surface area (Å²) in [4.78, 5) is 12.4. The van der Waals surface area contributed by atoms with Crippen LogP contribution in [-0.4, -0.2) is 16.7 Å². The molecular formula is C24H26ClN3O. The van der Waals surface area contributed by atoms with Crippen molar-refractivity contribution < 1.29 is 4.79 Å². The number of hydrogen-bond donors (Lipinski definition) is 1. The number of carbonyl (C=O) groups excluding carboxylic acids is 1. The zero-order valence-corrected chi connectivity index (χ0v) is 18.2. The van der Waals surface area contributed by atoms with E-state index in [0.717, 1.165) is 22.6 Å². The highest BCUT2D eigenvalue weighted by molar-refractivity contribution is 6.30. The molecule has 2 aromatic carbocycles. The topological polar surface area (TPSA) is 46.4 Å². The predicted molar refractivity (Wildman–Crippen MR) is 120 cm³/mol. The van der Waals surface area contributed by atoms with Crippen LogP contribution in [0.1, 0.15) is 53.6 Å². The van der Waals surface area contributed by atoms with Gasteiger partial charge in [0.25, 0.3) is 5.91 Å². The largest absolute Gasteiger partial charge is 0.318 e. The first-order chi connectivity index (χ1) is 13.7. The Morgan fingerprint density at radius 1 is 1.07 bits per heavy atom. The molecule has 0 aliphatic heterocycles. The lowest BCUT2D eigenvalue weighted by Gasteiger charge is -2.18. The van der Waals surface area contributed by atoms with E-state index in [1.54, 1.807) is 6.21 Å². The van der Waals surface area contributed by atoms with Gasteiger partial charge in [-0.05, 0) is 61.2 Å². The second kappa shape index (κ2) is 8.26. The van der Waals surface area contributed by atoms with Crippen molar-refractivity contribution >= 4 is 23.7 Å². The maximum Gasteiger partial charge on any atom is 0.271 e. The lowest BCUT2D eigenvalue weighted by molar-refractivity contribution is 0.0955. The molecule has 3 rings (SSSR count). The van der Waals surface area contributed by atoms with Gasteiger partial charge in [0, 0.05) is 33.2 Å². The van der Waals surface area contributed by atoms with Crippen LogP contribution in [0.5, 0.6) is 0 Å². The molecule has 4 nitrogen and oxygen atoms in total. The van der Waals surface area contributed by atoms with Gasteiger partial charge in [-0.25, -0.2) is 5.43 Å². The van der Waals surface area contributed by atoms with Crippen molar-refractivity contribution in [3.05, 3.63) is 87.7 Å². The Bertz CT molecular complexity index is 1060. The van der Waals surface area contributed by atoms with Gasteiger partial charge >= 0.3 is 0 Å². The molecule has 0 aliphatic carbocycles. The van der Waals surface area contributed by atoms with Crippen molar-refractivity contribution in [2.45, 2.75) is 40.0 Å². The quantitative estimate of drug-likeness (QED) is 0.430. The lowest BCUT2D eigenvalue weighted by atomic mass is 9.87. The zero-order valence-electron chi connectivity index (χ0n) is 17.5. The Morgan fingerprint density at radius 3 is 2.38 bits per heavy atom. The number of aromatic nitrogens is 1. The van der Waals surface area contributed by atoms with E-state index in [0.29, 0.717) is 10.6 Å². The summed E-state index contributed by atoms with van der Waals surface area (Å²) in [5.41, 5.74) is 8.46. The Kier molecular flexibility index (Phi) is 5.94. The molecule has 0 spiro atoms. The number of benzene rings is 2. The van der Waals surface area contributed by atoms with Crippen molar-refractivity contribution in [3.63, 3.8) is 0 Å². The first-order valence-electron chi connectivity index (χ1n) is 9.55. The van der Waals surface area contributed by atoms with Crippen LogP contribution in [0.15, 0.2) is 59.7 Å². The number of hydrazone groups is 1. The molecule has 0 fully saturated rings. The highest BCUT2D eigenvalue weighted by Gasteiger charge is 2.14. The first kappa shape index (κ1) is 20.9. The maximum absolute atomic E-state index is 12.4. The molecule has 0 bridgehead atoms. The Morgan fingerprint density at radius 2 is 1.76 bits per heavy atom. The molecule has 0 saturated carbocycles. The predicted octanol–water partition coefficient (Wildman–Crippen LogP) is 5.81. The minimum absolute atomic E-state index is 0.0542. The molecule has 0 atom stereocenters. The van der Waals surface area contributed by atoms with Gasteiger partial charge in [-0.15, -0.1) is 0 Å². The number of aryl methyl sites for hydroxylation is 1. The molecule has 29 heavy (non-hydrogen) atoms. The second-order valence-corrected chi connectivity index (χ2v) is 8.60. The minimum atomic E-state index is -0.231. The van der Waals surface area contributed by atoms with Crippen LogP contribution in [0.4, 0.5) is 0 Å². The van der Waals surface area contributed by atoms with Crippen LogP contribution >= 0.6 is 11.6 Å². The Hall–Kier alpha value is -2.85. The molecule has 0 aliphatic rings. The molecular weight excluding hydrogens is 382 g/mol. The normalized spacial score (nSPS) is 11.8. The van der Waals surface area contributed by atoms with Gasteiger partial charge < -0.3 is 4.57 Å². The third-order valence-corrected chi connectivity index (χ3v) is 5.15. The summed E-state index contributed by atoms with van der Waals surface area (Å²) in [6.07, 6.45) is 1.67. The Balaban J connectivity index is 1.74. The number of nitrogens with one attached hydrogen (secondary N) is 1. The number of nitrogens with zero attached hydrogens (tertiary/aromatic N) is 2. The molecule has 5 heteroatoms. The van der Waals surface area contributed by atoms with Crippen molar-refractivity contribution in [2.24, 2.45) is 5.10 Å². The van der Waals surface area contributed by atoms with Crippen LogP contribution in [0, 0.1) is 13.8 Å². The van der Waals surface area contributed by atoms with Crippen molar-refractivity contribution in [1.29, 1.82) is 0 Å². The first-order valence-corrected chi connectivity index (χ1v) is 9.93. The van der Waals surface area contributed by atoms with Gasteiger partial charge in [-0.1, -0.05) is 50.6 Å². The van der Waals surface area contributed by atoms with Crippen LogP contribution in [0.2, 0.25) is 5.02 Å². The summed E-state index contributed by atoms with van der Waals surface area (Å²) in [5.74, 6) is -0.231. The van der Waals surface area contributed by atoms with Crippen LogP contribution < -0.4 is 5.43 Å². The standard InChI is InChI=1S/C24H26ClN3O/c1-16-13-19(17(2)28(16)22-8-6-7-21(25)14-22)15-26-27-23(29)18-9-11-20(12-10-18)24(3,4)5/h6-15H,1-5H3,(H,27,29)/b26-15-. The molecule has 3 aromatic rings. The minimum Gasteiger partial charge on any atom is -0.318 e. The Labute approximate surface area is 177 Å². The van der Waals surface area contributed by atoms with Gasteiger partial charge in [0.1, 0.15) is 0 Å². The van der Waals surface area contributed by atoms with E-state index in [2.05, 4.69) is 35.9 Å². The van der Waals surface area contributed by atoms with E-state index in [1.165, 1.54) is 5.56 Å². The van der Waals surface area contributed by atoms with Gasteiger partial charge in [-0.2, -0.15) is 5.10 Å². The molecule has 150 valence electrons. The highest BCUT2D eigenvalue weighted by Crippen LogP contribution is 2.23. The van der Waals surface area contributed by atoms with E-state index in [9.17, 15) is 4.79 Å². The SMILES string of the molecule is Cc1cc(/C=N\NC(=O)c2ccc(C(C)(C)C)cc2)c(C)n1-c1cccc(Cl)c1. The third-order valence-electron chi connectivity index (χ3n) is 4.92. The molecule has 0 radical (unpaired) electrons. The van der Waals surface area contributed by atoms with Crippen molar-refractivity contribution in [3.8, 4) is 5.69 Å². The average molecular weight is 408 g/mol.